The van der Waals surface area contributed by atoms with Gasteiger partial charge in [0.15, 0.2) is 0 Å². The maximum Gasteiger partial charge on any atom is 0.265 e. The van der Waals surface area contributed by atoms with E-state index in [-0.39, 0.29) is 17.9 Å². The molecule has 7 heteroatoms. The monoisotopic (exact) mass is 424 g/mol. The summed E-state index contributed by atoms with van der Waals surface area (Å²) in [7, 11) is 1.62. The highest BCUT2D eigenvalue weighted by Crippen LogP contribution is 2.41. The average Bonchev–Trinajstić information content (AvgIpc) is 3.29. The van der Waals surface area contributed by atoms with Crippen LogP contribution in [0.25, 0.3) is 0 Å². The Morgan fingerprint density at radius 1 is 1.30 bits per heavy atom. The molecule has 1 fully saturated rings. The summed E-state index contributed by atoms with van der Waals surface area (Å²) in [5, 5.41) is 2.86. The Labute approximate surface area is 180 Å². The van der Waals surface area contributed by atoms with E-state index in [1.807, 2.05) is 48.5 Å². The summed E-state index contributed by atoms with van der Waals surface area (Å²) < 4.78 is 10.8. The molecular formula is C23H24N2O4S. The van der Waals surface area contributed by atoms with Crippen LogP contribution in [-0.4, -0.2) is 38.2 Å². The van der Waals surface area contributed by atoms with Gasteiger partial charge in [-0.3, -0.25) is 9.59 Å². The van der Waals surface area contributed by atoms with Gasteiger partial charge in [0.05, 0.1) is 30.4 Å². The first-order valence-electron chi connectivity index (χ1n) is 9.97. The Bertz CT molecular complexity index is 969. The van der Waals surface area contributed by atoms with Crippen molar-refractivity contribution in [1.29, 1.82) is 0 Å². The molecule has 30 heavy (non-hydrogen) atoms. The summed E-state index contributed by atoms with van der Waals surface area (Å²) in [5.41, 5.74) is 1.79. The number of ether oxygens (including phenoxy) is 2. The van der Waals surface area contributed by atoms with Crippen molar-refractivity contribution in [3.63, 3.8) is 0 Å². The van der Waals surface area contributed by atoms with Gasteiger partial charge in [0, 0.05) is 24.1 Å². The highest BCUT2D eigenvalue weighted by Gasteiger charge is 2.30. The molecule has 1 N–H and O–H groups in total. The van der Waals surface area contributed by atoms with Crippen molar-refractivity contribution in [3.8, 4) is 5.75 Å². The van der Waals surface area contributed by atoms with E-state index in [1.165, 1.54) is 17.8 Å². The maximum absolute atomic E-state index is 13.2. The molecule has 1 saturated heterocycles. The fourth-order valence-electron chi connectivity index (χ4n) is 3.56. The number of benzene rings is 2. The third kappa shape index (κ3) is 4.68. The number of methoxy groups -OCH3 is 1. The third-order valence-corrected chi connectivity index (χ3v) is 6.17. The lowest BCUT2D eigenvalue weighted by atomic mass is 10.1. The fourth-order valence-corrected chi connectivity index (χ4v) is 4.59. The summed E-state index contributed by atoms with van der Waals surface area (Å²) in [4.78, 5) is 28.7. The number of anilines is 1. The lowest BCUT2D eigenvalue weighted by Gasteiger charge is -2.30. The number of carbonyl (C=O) groups excluding carboxylic acids is 2. The molecule has 0 spiro atoms. The zero-order valence-electron chi connectivity index (χ0n) is 16.8. The summed E-state index contributed by atoms with van der Waals surface area (Å²) in [6.07, 6.45) is 3.43. The van der Waals surface area contributed by atoms with Gasteiger partial charge in [-0.05, 0) is 42.7 Å². The van der Waals surface area contributed by atoms with Gasteiger partial charge < -0.3 is 19.7 Å². The van der Waals surface area contributed by atoms with Gasteiger partial charge >= 0.3 is 0 Å². The first kappa shape index (κ1) is 20.5. The zero-order valence-corrected chi connectivity index (χ0v) is 17.6. The summed E-state index contributed by atoms with van der Waals surface area (Å²) >= 11 is 1.33. The molecule has 0 bridgehead atoms. The largest absolute Gasteiger partial charge is 0.497 e. The van der Waals surface area contributed by atoms with E-state index in [1.54, 1.807) is 12.0 Å². The average molecular weight is 425 g/mol. The van der Waals surface area contributed by atoms with E-state index >= 15 is 0 Å². The normalized spacial score (nSPS) is 19.6. The number of amides is 2. The second-order valence-electron chi connectivity index (χ2n) is 7.20. The predicted molar refractivity (Wildman–Crippen MR) is 117 cm³/mol. The minimum absolute atomic E-state index is 0.0624. The van der Waals surface area contributed by atoms with Crippen LogP contribution < -0.4 is 15.0 Å². The van der Waals surface area contributed by atoms with E-state index in [2.05, 4.69) is 5.32 Å². The molecule has 0 radical (unpaired) electrons. The summed E-state index contributed by atoms with van der Waals surface area (Å²) in [6.45, 7) is 1.60. The first-order chi connectivity index (χ1) is 14.6. The number of fused-ring (bicyclic) bond motifs is 1. The minimum Gasteiger partial charge on any atom is -0.497 e. The maximum atomic E-state index is 13.2. The zero-order chi connectivity index (χ0) is 20.9. The molecule has 2 aliphatic rings. The fraction of sp³-hybridized carbons (Fsp3) is 0.304. The van der Waals surface area contributed by atoms with Crippen molar-refractivity contribution in [1.82, 2.24) is 5.32 Å². The van der Waals surface area contributed by atoms with Crippen LogP contribution in [0.2, 0.25) is 0 Å². The topological polar surface area (TPSA) is 67.9 Å². The van der Waals surface area contributed by atoms with Crippen molar-refractivity contribution in [2.45, 2.75) is 30.4 Å². The Kier molecular flexibility index (Phi) is 6.40. The molecule has 1 atom stereocenters. The van der Waals surface area contributed by atoms with Crippen LogP contribution in [-0.2, 0) is 20.9 Å². The Balaban J connectivity index is 1.54. The second kappa shape index (κ2) is 9.36. The van der Waals surface area contributed by atoms with Gasteiger partial charge in [-0.15, -0.1) is 0 Å². The summed E-state index contributed by atoms with van der Waals surface area (Å²) in [5.74, 6) is 0.278. The molecule has 2 heterocycles. The van der Waals surface area contributed by atoms with Gasteiger partial charge in [-0.1, -0.05) is 36.0 Å². The molecule has 2 aromatic rings. The van der Waals surface area contributed by atoms with E-state index in [0.717, 1.165) is 41.3 Å². The SMILES string of the molecule is COc1cccc(CN2C(=O)C(=CC(=O)NCC3CCCO3)Sc3ccccc32)c1. The van der Waals surface area contributed by atoms with Gasteiger partial charge in [0.2, 0.25) is 5.91 Å². The van der Waals surface area contributed by atoms with Crippen LogP contribution in [0.15, 0.2) is 64.4 Å². The van der Waals surface area contributed by atoms with E-state index in [0.29, 0.717) is 18.0 Å². The molecule has 4 rings (SSSR count). The van der Waals surface area contributed by atoms with Crippen LogP contribution in [0, 0.1) is 0 Å². The number of carbonyl (C=O) groups is 2. The standard InChI is InChI=1S/C23H24N2O4S/c1-28-17-7-4-6-16(12-17)15-25-19-9-2-3-10-20(19)30-21(23(25)27)13-22(26)24-14-18-8-5-11-29-18/h2-4,6-7,9-10,12-13,18H,5,8,11,14-15H2,1H3,(H,24,26). The van der Waals surface area contributed by atoms with Crippen molar-refractivity contribution in [2.75, 3.05) is 25.2 Å². The molecule has 0 aromatic heterocycles. The molecule has 2 aromatic carbocycles. The van der Waals surface area contributed by atoms with Crippen molar-refractivity contribution >= 4 is 29.3 Å². The number of nitrogens with one attached hydrogen (secondary N) is 1. The van der Waals surface area contributed by atoms with Crippen LogP contribution in [0.5, 0.6) is 5.75 Å². The van der Waals surface area contributed by atoms with Gasteiger partial charge in [-0.2, -0.15) is 0 Å². The van der Waals surface area contributed by atoms with Crippen molar-refractivity contribution < 1.29 is 19.1 Å². The minimum atomic E-state index is -0.276. The number of thioether (sulfide) groups is 1. The highest BCUT2D eigenvalue weighted by molar-refractivity contribution is 8.04. The summed E-state index contributed by atoms with van der Waals surface area (Å²) in [6, 6.07) is 15.4. The molecule has 2 aliphatic heterocycles. The van der Waals surface area contributed by atoms with Gasteiger partial charge in [0.25, 0.3) is 5.91 Å². The number of nitrogens with zero attached hydrogens (tertiary/aromatic N) is 1. The molecular weight excluding hydrogens is 400 g/mol. The lowest BCUT2D eigenvalue weighted by Crippen LogP contribution is -2.35. The highest BCUT2D eigenvalue weighted by atomic mass is 32.2. The number of rotatable bonds is 6. The van der Waals surface area contributed by atoms with Crippen LogP contribution >= 0.6 is 11.8 Å². The molecule has 2 amide bonds. The van der Waals surface area contributed by atoms with E-state index in [9.17, 15) is 9.59 Å². The predicted octanol–water partition coefficient (Wildman–Crippen LogP) is 3.51. The molecule has 0 saturated carbocycles. The number of hydrogen-bond donors (Lipinski definition) is 1. The van der Waals surface area contributed by atoms with Crippen LogP contribution in [0.4, 0.5) is 5.69 Å². The third-order valence-electron chi connectivity index (χ3n) is 5.10. The van der Waals surface area contributed by atoms with E-state index < -0.39 is 0 Å². The van der Waals surface area contributed by atoms with Crippen molar-refractivity contribution in [3.05, 3.63) is 65.1 Å². The lowest BCUT2D eigenvalue weighted by molar-refractivity contribution is -0.118. The quantitative estimate of drug-likeness (QED) is 0.719. The molecule has 1 unspecified atom stereocenters. The van der Waals surface area contributed by atoms with Crippen LogP contribution in [0.1, 0.15) is 18.4 Å². The van der Waals surface area contributed by atoms with Gasteiger partial charge in [0.1, 0.15) is 5.75 Å². The van der Waals surface area contributed by atoms with E-state index in [4.69, 9.17) is 9.47 Å². The smallest absolute Gasteiger partial charge is 0.265 e. The number of hydrogen-bond acceptors (Lipinski definition) is 5. The Hall–Kier alpha value is -2.77. The molecule has 156 valence electrons. The molecule has 6 nitrogen and oxygen atoms in total. The molecule has 0 aliphatic carbocycles. The van der Waals surface area contributed by atoms with Crippen LogP contribution in [0.3, 0.4) is 0 Å². The second-order valence-corrected chi connectivity index (χ2v) is 8.29. The Morgan fingerprint density at radius 2 is 2.17 bits per heavy atom. The van der Waals surface area contributed by atoms with Gasteiger partial charge in [-0.25, -0.2) is 0 Å². The van der Waals surface area contributed by atoms with Crippen molar-refractivity contribution in [2.24, 2.45) is 0 Å². The number of para-hydroxylation sites is 1. The Morgan fingerprint density at radius 3 is 2.97 bits per heavy atom. The first-order valence-corrected chi connectivity index (χ1v) is 10.8.